The Bertz CT molecular complexity index is 1430. The highest BCUT2D eigenvalue weighted by Gasteiger charge is 2.67. The predicted molar refractivity (Wildman–Crippen MR) is 142 cm³/mol. The van der Waals surface area contributed by atoms with Gasteiger partial charge in [-0.2, -0.15) is 0 Å². The molecule has 0 spiro atoms. The summed E-state index contributed by atoms with van der Waals surface area (Å²) in [6, 6.07) is 13.0. The van der Waals surface area contributed by atoms with Crippen molar-refractivity contribution < 1.29 is 23.5 Å². The number of hydrogen-bond acceptors (Lipinski definition) is 4. The van der Waals surface area contributed by atoms with Crippen molar-refractivity contribution >= 4 is 75.7 Å². The van der Waals surface area contributed by atoms with Crippen LogP contribution < -0.4 is 21.1 Å². The van der Waals surface area contributed by atoms with Gasteiger partial charge in [-0.25, -0.2) is 9.18 Å². The van der Waals surface area contributed by atoms with Crippen molar-refractivity contribution in [2.24, 2.45) is 11.7 Å². The van der Waals surface area contributed by atoms with E-state index in [9.17, 15) is 18.8 Å². The first-order valence-electron chi connectivity index (χ1n) is 10.7. The lowest BCUT2D eigenvalue weighted by Crippen LogP contribution is -2.18. The van der Waals surface area contributed by atoms with Gasteiger partial charge in [-0.1, -0.05) is 29.3 Å². The van der Waals surface area contributed by atoms with Crippen LogP contribution in [0.3, 0.4) is 0 Å². The quantitative estimate of drug-likeness (QED) is 0.281. The third-order valence-electron chi connectivity index (χ3n) is 5.78. The van der Waals surface area contributed by atoms with Gasteiger partial charge in [-0.05, 0) is 66.6 Å². The number of rotatable bonds is 6. The van der Waals surface area contributed by atoms with Gasteiger partial charge in [0.15, 0.2) is 0 Å². The van der Waals surface area contributed by atoms with E-state index in [2.05, 4.69) is 10.6 Å². The molecule has 1 fully saturated rings. The first-order chi connectivity index (χ1) is 17.4. The third kappa shape index (κ3) is 5.78. The number of benzene rings is 3. The van der Waals surface area contributed by atoms with Crippen molar-refractivity contribution in [3.8, 4) is 5.75 Å². The lowest BCUT2D eigenvalue weighted by atomic mass is 10.1. The Morgan fingerprint density at radius 2 is 1.70 bits per heavy atom. The van der Waals surface area contributed by atoms with Crippen LogP contribution in [0.1, 0.15) is 27.4 Å². The van der Waals surface area contributed by atoms with Crippen LogP contribution in [0, 0.1) is 18.7 Å². The van der Waals surface area contributed by atoms with Crippen LogP contribution in [-0.4, -0.2) is 22.2 Å². The minimum absolute atomic E-state index is 0.0944. The fourth-order valence-electron chi connectivity index (χ4n) is 3.92. The third-order valence-corrected chi connectivity index (χ3v) is 7.34. The average Bonchev–Trinajstić information content (AvgIpc) is 3.40. The molecule has 7 nitrogen and oxygen atoms in total. The molecule has 3 aromatic carbocycles. The number of hydrogen-bond donors (Lipinski definition) is 3. The fourth-order valence-corrected chi connectivity index (χ4v) is 5.14. The summed E-state index contributed by atoms with van der Waals surface area (Å²) in [5, 5.41) is 5.46. The van der Waals surface area contributed by atoms with E-state index in [0.717, 1.165) is 0 Å². The molecule has 0 aromatic heterocycles. The van der Waals surface area contributed by atoms with E-state index in [1.54, 1.807) is 13.0 Å². The second-order valence-corrected chi connectivity index (χ2v) is 10.6. The van der Waals surface area contributed by atoms with E-state index in [1.807, 2.05) is 0 Å². The highest BCUT2D eigenvalue weighted by molar-refractivity contribution is 6.53. The van der Waals surface area contributed by atoms with E-state index >= 15 is 0 Å². The molecule has 0 unspecified atom stereocenters. The maximum absolute atomic E-state index is 13.5. The number of primary amides is 1. The molecule has 1 aliphatic carbocycles. The first kappa shape index (κ1) is 27.0. The molecule has 12 heteroatoms. The summed E-state index contributed by atoms with van der Waals surface area (Å²) >= 11 is 24.8. The Kier molecular flexibility index (Phi) is 7.57. The number of carbonyl (C=O) groups excluding carboxylic acids is 3. The zero-order valence-electron chi connectivity index (χ0n) is 19.0. The second kappa shape index (κ2) is 10.4. The number of nitrogens with one attached hydrogen (secondary N) is 2. The molecule has 2 atom stereocenters. The normalized spacial score (nSPS) is 17.6. The van der Waals surface area contributed by atoms with Gasteiger partial charge >= 0.3 is 6.09 Å². The zero-order chi connectivity index (χ0) is 27.1. The predicted octanol–water partition coefficient (Wildman–Crippen LogP) is 6.68. The van der Waals surface area contributed by atoms with Gasteiger partial charge in [-0.15, -0.1) is 23.2 Å². The molecule has 1 aliphatic rings. The number of halogens is 5. The van der Waals surface area contributed by atoms with Gasteiger partial charge < -0.3 is 21.1 Å². The molecular weight excluding hydrogens is 567 g/mol. The lowest BCUT2D eigenvalue weighted by molar-refractivity contribution is -0.117. The summed E-state index contributed by atoms with van der Waals surface area (Å²) in [5.74, 6) is -2.85. The monoisotopic (exact) mass is 583 g/mol. The summed E-state index contributed by atoms with van der Waals surface area (Å²) in [7, 11) is 0. The maximum atomic E-state index is 13.5. The number of alkyl halides is 2. The minimum Gasteiger partial charge on any atom is -0.410 e. The Morgan fingerprint density at radius 1 is 0.973 bits per heavy atom. The van der Waals surface area contributed by atoms with Crippen molar-refractivity contribution in [2.45, 2.75) is 17.2 Å². The Hall–Kier alpha value is -3.04. The van der Waals surface area contributed by atoms with Crippen molar-refractivity contribution in [3.05, 3.63) is 87.2 Å². The summed E-state index contributed by atoms with van der Waals surface area (Å²) in [6.45, 7) is 1.70. The van der Waals surface area contributed by atoms with Crippen molar-refractivity contribution in [1.82, 2.24) is 0 Å². The van der Waals surface area contributed by atoms with Gasteiger partial charge in [0.2, 0.25) is 5.91 Å². The topological polar surface area (TPSA) is 111 Å². The molecule has 0 bridgehead atoms. The summed E-state index contributed by atoms with van der Waals surface area (Å²) in [6.07, 6.45) is -0.957. The van der Waals surface area contributed by atoms with Crippen LogP contribution >= 0.6 is 46.4 Å². The molecule has 3 amide bonds. The fraction of sp³-hybridized carbons (Fsp3) is 0.160. The van der Waals surface area contributed by atoms with Gasteiger partial charge in [0.25, 0.3) is 5.91 Å². The van der Waals surface area contributed by atoms with Crippen molar-refractivity contribution in [1.29, 1.82) is 0 Å². The number of nitrogens with two attached hydrogens (primary N) is 1. The van der Waals surface area contributed by atoms with Crippen LogP contribution in [0.25, 0.3) is 0 Å². The van der Waals surface area contributed by atoms with Gasteiger partial charge in [0, 0.05) is 17.3 Å². The van der Waals surface area contributed by atoms with E-state index in [-0.39, 0.29) is 27.0 Å². The Balaban J connectivity index is 1.48. The van der Waals surface area contributed by atoms with E-state index in [0.29, 0.717) is 16.8 Å². The Labute approximate surface area is 231 Å². The number of carbonyl (C=O) groups is 3. The summed E-state index contributed by atoms with van der Waals surface area (Å²) < 4.78 is 16.9. The lowest BCUT2D eigenvalue weighted by Gasteiger charge is -2.12. The molecule has 1 saturated carbocycles. The van der Waals surface area contributed by atoms with E-state index < -0.39 is 39.9 Å². The van der Waals surface area contributed by atoms with Crippen LogP contribution in [0.2, 0.25) is 10.0 Å². The highest BCUT2D eigenvalue weighted by atomic mass is 35.5. The van der Waals surface area contributed by atoms with Gasteiger partial charge in [0.05, 0.1) is 21.5 Å². The highest BCUT2D eigenvalue weighted by Crippen LogP contribution is 2.65. The van der Waals surface area contributed by atoms with E-state index in [4.69, 9.17) is 56.9 Å². The SMILES string of the molecule is Cc1cc(OC(N)=O)ccc1NC(=O)c1cc(NC(=O)[C@H]2[C@H](c3ccc(F)c(Cl)c3)C2(Cl)Cl)ccc1Cl. The Morgan fingerprint density at radius 3 is 2.35 bits per heavy atom. The molecule has 192 valence electrons. The molecule has 0 heterocycles. The van der Waals surface area contributed by atoms with Crippen molar-refractivity contribution in [3.63, 3.8) is 0 Å². The number of amides is 3. The maximum Gasteiger partial charge on any atom is 0.409 e. The van der Waals surface area contributed by atoms with Crippen molar-refractivity contribution in [2.75, 3.05) is 10.6 Å². The number of ether oxygens (including phenoxy) is 1. The van der Waals surface area contributed by atoms with Crippen LogP contribution in [0.4, 0.5) is 20.6 Å². The van der Waals surface area contributed by atoms with E-state index in [1.165, 1.54) is 48.5 Å². The van der Waals surface area contributed by atoms with Crippen LogP contribution in [-0.2, 0) is 4.79 Å². The molecule has 0 radical (unpaired) electrons. The number of aryl methyl sites for hydroxylation is 1. The van der Waals surface area contributed by atoms with Gasteiger partial charge in [0.1, 0.15) is 15.9 Å². The molecule has 37 heavy (non-hydrogen) atoms. The zero-order valence-corrected chi connectivity index (χ0v) is 22.0. The standard InChI is InChI=1S/C25H18Cl4FN3O4/c1-11-8-14(37-24(31)36)4-7-19(11)33-22(34)15-10-13(3-5-16(15)26)32-23(35)21-20(25(21,28)29)12-2-6-18(30)17(27)9-12/h2-10,20-21H,1H3,(H2,31,36)(H,32,35)(H,33,34)/t20-,21+/m0/s1. The molecule has 4 N–H and O–H groups in total. The molecular formula is C25H18Cl4FN3O4. The first-order valence-corrected chi connectivity index (χ1v) is 12.2. The molecule has 3 aromatic rings. The molecule has 4 rings (SSSR count). The summed E-state index contributed by atoms with van der Waals surface area (Å²) in [5.41, 5.74) is 6.96. The average molecular weight is 585 g/mol. The van der Waals surface area contributed by atoms with Crippen LogP contribution in [0.15, 0.2) is 54.6 Å². The number of anilines is 2. The van der Waals surface area contributed by atoms with Gasteiger partial charge in [-0.3, -0.25) is 9.59 Å². The molecule has 0 aliphatic heterocycles. The summed E-state index contributed by atoms with van der Waals surface area (Å²) in [4.78, 5) is 36.8. The minimum atomic E-state index is -1.42. The largest absolute Gasteiger partial charge is 0.410 e. The second-order valence-electron chi connectivity index (χ2n) is 8.34. The van der Waals surface area contributed by atoms with Crippen LogP contribution in [0.5, 0.6) is 5.75 Å². The molecule has 0 saturated heterocycles. The smallest absolute Gasteiger partial charge is 0.409 e.